The third-order valence-corrected chi connectivity index (χ3v) is 6.44. The first-order valence-electron chi connectivity index (χ1n) is 9.61. The van der Waals surface area contributed by atoms with Crippen LogP contribution in [0.15, 0.2) is 82.2 Å². The molecule has 4 rings (SSSR count). The van der Waals surface area contributed by atoms with Crippen LogP contribution in [0.5, 0.6) is 5.75 Å². The maximum Gasteiger partial charge on any atom is 0.283 e. The van der Waals surface area contributed by atoms with Crippen LogP contribution in [0.2, 0.25) is 10.0 Å². The highest BCUT2D eigenvalue weighted by molar-refractivity contribution is 8.04. The average molecular weight is 485 g/mol. The summed E-state index contributed by atoms with van der Waals surface area (Å²) in [6.45, 7) is 1.92. The fraction of sp³-hybridized carbons (Fsp3) is 0.0833. The van der Waals surface area contributed by atoms with Crippen molar-refractivity contribution in [1.82, 2.24) is 0 Å². The van der Waals surface area contributed by atoms with Crippen molar-refractivity contribution in [2.75, 3.05) is 17.3 Å². The molecule has 0 bridgehead atoms. The molecule has 1 aliphatic heterocycles. The minimum absolute atomic E-state index is 0.186. The zero-order valence-corrected chi connectivity index (χ0v) is 19.5. The number of hydrogen-bond donors (Lipinski definition) is 1. The molecular weight excluding hydrogens is 467 g/mol. The lowest BCUT2D eigenvalue weighted by Crippen LogP contribution is -2.32. The van der Waals surface area contributed by atoms with E-state index < -0.39 is 11.8 Å². The molecule has 3 aromatic carbocycles. The molecule has 0 saturated carbocycles. The number of amides is 2. The van der Waals surface area contributed by atoms with Gasteiger partial charge < -0.3 is 10.1 Å². The first-order chi connectivity index (χ1) is 15.4. The number of para-hydroxylation sites is 1. The molecule has 0 radical (unpaired) electrons. The summed E-state index contributed by atoms with van der Waals surface area (Å²) in [4.78, 5) is 29.2. The second kappa shape index (κ2) is 9.28. The van der Waals surface area contributed by atoms with Gasteiger partial charge in [0, 0.05) is 20.6 Å². The number of nitrogens with zero attached hydrogens (tertiary/aromatic N) is 1. The molecule has 32 heavy (non-hydrogen) atoms. The Balaban J connectivity index is 1.80. The third kappa shape index (κ3) is 4.35. The number of hydrogen-bond acceptors (Lipinski definition) is 5. The Morgan fingerprint density at radius 3 is 2.28 bits per heavy atom. The van der Waals surface area contributed by atoms with E-state index in [0.717, 1.165) is 21.0 Å². The van der Waals surface area contributed by atoms with Crippen molar-refractivity contribution >= 4 is 58.2 Å². The van der Waals surface area contributed by atoms with Crippen molar-refractivity contribution in [1.29, 1.82) is 0 Å². The van der Waals surface area contributed by atoms with Crippen molar-refractivity contribution in [2.24, 2.45) is 0 Å². The zero-order chi connectivity index (χ0) is 22.8. The van der Waals surface area contributed by atoms with Crippen LogP contribution in [-0.4, -0.2) is 18.9 Å². The van der Waals surface area contributed by atoms with Crippen molar-refractivity contribution in [3.63, 3.8) is 0 Å². The van der Waals surface area contributed by atoms with Crippen LogP contribution in [0.3, 0.4) is 0 Å². The Hall–Kier alpha value is -2.93. The Bertz CT molecular complexity index is 1240. The van der Waals surface area contributed by atoms with Gasteiger partial charge in [-0.15, -0.1) is 0 Å². The van der Waals surface area contributed by atoms with E-state index >= 15 is 0 Å². The van der Waals surface area contributed by atoms with E-state index in [1.54, 1.807) is 36.4 Å². The van der Waals surface area contributed by atoms with Gasteiger partial charge in [0.2, 0.25) is 0 Å². The molecule has 0 aliphatic carbocycles. The molecule has 0 unspecified atom stereocenters. The standard InChI is InChI=1S/C24H18Cl2N2O3S/c1-14-5-3-4-6-18(14)27-21-22(32-17-10-7-15(25)8-11-17)24(30)28(23(21)29)19-13-16(26)9-12-20(19)31-2/h3-13,27H,1-2H3. The fourth-order valence-electron chi connectivity index (χ4n) is 3.24. The van der Waals surface area contributed by atoms with Gasteiger partial charge in [0.15, 0.2) is 0 Å². The first-order valence-corrected chi connectivity index (χ1v) is 11.2. The summed E-state index contributed by atoms with van der Waals surface area (Å²) in [5.41, 5.74) is 2.14. The van der Waals surface area contributed by atoms with Gasteiger partial charge in [-0.25, -0.2) is 4.90 Å². The highest BCUT2D eigenvalue weighted by Crippen LogP contribution is 2.41. The van der Waals surface area contributed by atoms with Crippen molar-refractivity contribution < 1.29 is 14.3 Å². The number of anilines is 2. The Labute approximate surface area is 200 Å². The highest BCUT2D eigenvalue weighted by Gasteiger charge is 2.41. The van der Waals surface area contributed by atoms with Crippen LogP contribution in [0.25, 0.3) is 0 Å². The van der Waals surface area contributed by atoms with Crippen LogP contribution >= 0.6 is 35.0 Å². The molecular formula is C24H18Cl2N2O3S. The van der Waals surface area contributed by atoms with Gasteiger partial charge in [0.25, 0.3) is 11.8 Å². The topological polar surface area (TPSA) is 58.6 Å². The average Bonchev–Trinajstić information content (AvgIpc) is 3.00. The number of carbonyl (C=O) groups is 2. The molecule has 1 aliphatic rings. The van der Waals surface area contributed by atoms with Gasteiger partial charge in [-0.1, -0.05) is 53.2 Å². The zero-order valence-electron chi connectivity index (χ0n) is 17.2. The highest BCUT2D eigenvalue weighted by atomic mass is 35.5. The van der Waals surface area contributed by atoms with E-state index in [4.69, 9.17) is 27.9 Å². The third-order valence-electron chi connectivity index (χ3n) is 4.86. The number of thioether (sulfide) groups is 1. The number of carbonyl (C=O) groups excluding carboxylic acids is 2. The maximum absolute atomic E-state index is 13.5. The molecule has 0 atom stereocenters. The van der Waals surface area contributed by atoms with Gasteiger partial charge in [-0.05, 0) is 61.0 Å². The van der Waals surface area contributed by atoms with Crippen LogP contribution in [0.4, 0.5) is 11.4 Å². The summed E-state index contributed by atoms with van der Waals surface area (Å²) < 4.78 is 5.38. The number of nitrogens with one attached hydrogen (secondary N) is 1. The molecule has 5 nitrogen and oxygen atoms in total. The number of methoxy groups -OCH3 is 1. The van der Waals surface area contributed by atoms with Crippen LogP contribution in [0.1, 0.15) is 5.56 Å². The van der Waals surface area contributed by atoms with E-state index in [2.05, 4.69) is 5.32 Å². The second-order valence-electron chi connectivity index (χ2n) is 6.96. The van der Waals surface area contributed by atoms with Crippen molar-refractivity contribution in [3.8, 4) is 5.75 Å². The van der Waals surface area contributed by atoms with Gasteiger partial charge >= 0.3 is 0 Å². The molecule has 1 N–H and O–H groups in total. The summed E-state index contributed by atoms with van der Waals surface area (Å²) in [6.07, 6.45) is 0. The van der Waals surface area contributed by atoms with Crippen molar-refractivity contribution in [2.45, 2.75) is 11.8 Å². The monoisotopic (exact) mass is 484 g/mol. The summed E-state index contributed by atoms with van der Waals surface area (Å²) in [5, 5.41) is 4.14. The number of benzene rings is 3. The number of halogens is 2. The Kier molecular flexibility index (Phi) is 6.46. The normalized spacial score (nSPS) is 13.7. The summed E-state index contributed by atoms with van der Waals surface area (Å²) in [7, 11) is 1.47. The van der Waals surface area contributed by atoms with Crippen LogP contribution in [-0.2, 0) is 9.59 Å². The summed E-state index contributed by atoms with van der Waals surface area (Å²) in [5.74, 6) is -0.592. The van der Waals surface area contributed by atoms with Gasteiger partial charge in [-0.2, -0.15) is 0 Å². The van der Waals surface area contributed by atoms with Gasteiger partial charge in [0.1, 0.15) is 16.4 Å². The van der Waals surface area contributed by atoms with E-state index in [1.165, 1.54) is 24.9 Å². The molecule has 0 aromatic heterocycles. The molecule has 2 amide bonds. The molecule has 0 saturated heterocycles. The van der Waals surface area contributed by atoms with Crippen molar-refractivity contribution in [3.05, 3.63) is 92.9 Å². The first kappa shape index (κ1) is 22.3. The van der Waals surface area contributed by atoms with E-state index in [9.17, 15) is 9.59 Å². The SMILES string of the molecule is COc1ccc(Cl)cc1N1C(=O)C(Nc2ccccc2C)=C(Sc2ccc(Cl)cc2)C1=O. The summed E-state index contributed by atoms with van der Waals surface area (Å²) in [6, 6.07) is 19.4. The number of aryl methyl sites for hydroxylation is 1. The molecule has 1 heterocycles. The molecule has 3 aromatic rings. The predicted molar refractivity (Wildman–Crippen MR) is 130 cm³/mol. The Morgan fingerprint density at radius 2 is 1.59 bits per heavy atom. The largest absolute Gasteiger partial charge is 0.495 e. The lowest BCUT2D eigenvalue weighted by Gasteiger charge is -2.18. The summed E-state index contributed by atoms with van der Waals surface area (Å²) >= 11 is 13.4. The smallest absolute Gasteiger partial charge is 0.283 e. The van der Waals surface area contributed by atoms with E-state index in [-0.39, 0.29) is 16.3 Å². The van der Waals surface area contributed by atoms with Gasteiger partial charge in [-0.3, -0.25) is 9.59 Å². The second-order valence-corrected chi connectivity index (χ2v) is 8.92. The number of ether oxygens (including phenoxy) is 1. The predicted octanol–water partition coefficient (Wildman–Crippen LogP) is 6.30. The van der Waals surface area contributed by atoms with Crippen LogP contribution in [0, 0.1) is 6.92 Å². The lowest BCUT2D eigenvalue weighted by atomic mass is 10.2. The molecule has 0 spiro atoms. The molecule has 162 valence electrons. The number of imide groups is 1. The molecule has 0 fully saturated rings. The van der Waals surface area contributed by atoms with Crippen LogP contribution < -0.4 is 15.0 Å². The molecule has 8 heteroatoms. The number of rotatable bonds is 6. The minimum Gasteiger partial charge on any atom is -0.495 e. The minimum atomic E-state index is -0.490. The fourth-order valence-corrected chi connectivity index (χ4v) is 4.46. The maximum atomic E-state index is 13.5. The van der Waals surface area contributed by atoms with Gasteiger partial charge in [0.05, 0.1) is 12.8 Å². The van der Waals surface area contributed by atoms with E-state index in [0.29, 0.717) is 15.8 Å². The quantitative estimate of drug-likeness (QED) is 0.416. The van der Waals surface area contributed by atoms with E-state index in [1.807, 2.05) is 31.2 Å². The Morgan fingerprint density at radius 1 is 0.906 bits per heavy atom. The lowest BCUT2D eigenvalue weighted by molar-refractivity contribution is -0.120.